The fourth-order valence-corrected chi connectivity index (χ4v) is 4.17. The van der Waals surface area contributed by atoms with E-state index in [0.717, 1.165) is 29.9 Å². The zero-order valence-electron chi connectivity index (χ0n) is 17.3. The van der Waals surface area contributed by atoms with Crippen LogP contribution in [0.4, 0.5) is 5.82 Å². The van der Waals surface area contributed by atoms with Gasteiger partial charge in [0.1, 0.15) is 11.3 Å². The second-order valence-corrected chi connectivity index (χ2v) is 8.01. The molecule has 1 fully saturated rings. The number of esters is 1. The fourth-order valence-electron chi connectivity index (χ4n) is 3.43. The number of carbonyl (C=O) groups is 2. The summed E-state index contributed by atoms with van der Waals surface area (Å²) in [6, 6.07) is 11.1. The van der Waals surface area contributed by atoms with Crippen molar-refractivity contribution < 1.29 is 18.7 Å². The quantitative estimate of drug-likeness (QED) is 0.426. The Bertz CT molecular complexity index is 1020. The summed E-state index contributed by atoms with van der Waals surface area (Å²) in [6.45, 7) is 4.91. The zero-order chi connectivity index (χ0) is 21.6. The highest BCUT2D eigenvalue weighted by Gasteiger charge is 2.21. The molecule has 1 saturated heterocycles. The number of aromatic nitrogens is 2. The highest BCUT2D eigenvalue weighted by Crippen LogP contribution is 2.23. The minimum atomic E-state index is -0.370. The van der Waals surface area contributed by atoms with Crippen LogP contribution in [0.25, 0.3) is 11.1 Å². The molecular weight excluding hydrogens is 416 g/mol. The fraction of sp³-hybridized carbons (Fsp3) is 0.364. The monoisotopic (exact) mass is 440 g/mol. The predicted molar refractivity (Wildman–Crippen MR) is 118 cm³/mol. The molecular formula is C22H24N4O4S. The summed E-state index contributed by atoms with van der Waals surface area (Å²) < 4.78 is 10.7. The van der Waals surface area contributed by atoms with E-state index in [1.54, 1.807) is 13.0 Å². The lowest BCUT2D eigenvalue weighted by Gasteiger charge is -2.22. The van der Waals surface area contributed by atoms with Gasteiger partial charge in [-0.1, -0.05) is 23.9 Å². The van der Waals surface area contributed by atoms with Gasteiger partial charge in [-0.05, 0) is 37.6 Å². The standard InChI is InChI=1S/C22H24N4O4S/c1-2-29-21(28)16-8-9-19(23-14-16)25-10-5-11-26(13-12-25)20(27)15-31-22-24-17-6-3-4-7-18(17)30-22/h3-4,6-9,14H,2,5,10-13,15H2,1H3. The number of thioether (sulfide) groups is 1. The number of amides is 1. The molecule has 0 spiro atoms. The molecule has 162 valence electrons. The number of oxazole rings is 1. The van der Waals surface area contributed by atoms with Gasteiger partial charge in [-0.3, -0.25) is 4.79 Å². The van der Waals surface area contributed by atoms with Gasteiger partial charge in [0, 0.05) is 32.4 Å². The van der Waals surface area contributed by atoms with E-state index in [1.807, 2.05) is 35.2 Å². The van der Waals surface area contributed by atoms with Crippen LogP contribution in [-0.4, -0.2) is 65.3 Å². The van der Waals surface area contributed by atoms with Crippen molar-refractivity contribution in [2.24, 2.45) is 0 Å². The van der Waals surface area contributed by atoms with Crippen LogP contribution in [-0.2, 0) is 9.53 Å². The van der Waals surface area contributed by atoms with Gasteiger partial charge < -0.3 is 19.0 Å². The first-order valence-electron chi connectivity index (χ1n) is 10.3. The van der Waals surface area contributed by atoms with E-state index >= 15 is 0 Å². The van der Waals surface area contributed by atoms with E-state index in [0.29, 0.717) is 42.8 Å². The lowest BCUT2D eigenvalue weighted by molar-refractivity contribution is -0.128. The van der Waals surface area contributed by atoms with Crippen molar-refractivity contribution in [2.45, 2.75) is 18.6 Å². The van der Waals surface area contributed by atoms with Gasteiger partial charge in [0.2, 0.25) is 5.91 Å². The van der Waals surface area contributed by atoms with Crippen LogP contribution in [0.5, 0.6) is 0 Å². The van der Waals surface area contributed by atoms with Gasteiger partial charge >= 0.3 is 5.97 Å². The number of fused-ring (bicyclic) bond motifs is 1. The van der Waals surface area contributed by atoms with Crippen molar-refractivity contribution in [3.05, 3.63) is 48.2 Å². The normalized spacial score (nSPS) is 14.5. The molecule has 3 aromatic rings. The summed E-state index contributed by atoms with van der Waals surface area (Å²) in [4.78, 5) is 37.3. The Hall–Kier alpha value is -3.07. The van der Waals surface area contributed by atoms with Crippen molar-refractivity contribution in [3.8, 4) is 0 Å². The number of pyridine rings is 1. The average molecular weight is 441 g/mol. The maximum atomic E-state index is 12.7. The molecule has 9 heteroatoms. The first-order valence-corrected chi connectivity index (χ1v) is 11.3. The van der Waals surface area contributed by atoms with Crippen molar-refractivity contribution in [2.75, 3.05) is 43.4 Å². The first-order chi connectivity index (χ1) is 15.1. The summed E-state index contributed by atoms with van der Waals surface area (Å²) in [7, 11) is 0. The summed E-state index contributed by atoms with van der Waals surface area (Å²) >= 11 is 1.32. The van der Waals surface area contributed by atoms with Crippen molar-refractivity contribution >= 4 is 40.6 Å². The Morgan fingerprint density at radius 2 is 2.00 bits per heavy atom. The number of nitrogens with zero attached hydrogens (tertiary/aromatic N) is 4. The Kier molecular flexibility index (Phi) is 6.71. The average Bonchev–Trinajstić information content (AvgIpc) is 3.05. The molecule has 0 aliphatic carbocycles. The maximum Gasteiger partial charge on any atom is 0.339 e. The van der Waals surface area contributed by atoms with Crippen molar-refractivity contribution in [1.82, 2.24) is 14.9 Å². The van der Waals surface area contributed by atoms with Crippen LogP contribution in [0.1, 0.15) is 23.7 Å². The molecule has 1 aliphatic rings. The number of benzene rings is 1. The van der Waals surface area contributed by atoms with E-state index < -0.39 is 0 Å². The Morgan fingerprint density at radius 3 is 2.77 bits per heavy atom. The molecule has 0 N–H and O–H groups in total. The van der Waals surface area contributed by atoms with Crippen LogP contribution in [0.3, 0.4) is 0 Å². The third-order valence-corrected chi connectivity index (χ3v) is 5.84. The van der Waals surface area contributed by atoms with Gasteiger partial charge in [0.05, 0.1) is 17.9 Å². The van der Waals surface area contributed by atoms with Gasteiger partial charge in [0.15, 0.2) is 5.58 Å². The second-order valence-electron chi connectivity index (χ2n) is 7.08. The molecule has 0 atom stereocenters. The van der Waals surface area contributed by atoms with Crippen LogP contribution in [0, 0.1) is 0 Å². The van der Waals surface area contributed by atoms with E-state index in [4.69, 9.17) is 9.15 Å². The van der Waals surface area contributed by atoms with E-state index in [2.05, 4.69) is 14.9 Å². The van der Waals surface area contributed by atoms with Gasteiger partial charge in [-0.2, -0.15) is 0 Å². The highest BCUT2D eigenvalue weighted by molar-refractivity contribution is 7.99. The molecule has 0 bridgehead atoms. The van der Waals surface area contributed by atoms with E-state index in [-0.39, 0.29) is 11.9 Å². The van der Waals surface area contributed by atoms with Crippen LogP contribution in [0.15, 0.2) is 52.2 Å². The zero-order valence-corrected chi connectivity index (χ0v) is 18.1. The summed E-state index contributed by atoms with van der Waals surface area (Å²) in [5.41, 5.74) is 1.96. The van der Waals surface area contributed by atoms with Crippen molar-refractivity contribution in [1.29, 1.82) is 0 Å². The molecule has 8 nitrogen and oxygen atoms in total. The van der Waals surface area contributed by atoms with Crippen LogP contribution < -0.4 is 4.90 Å². The number of carbonyl (C=O) groups excluding carboxylic acids is 2. The topological polar surface area (TPSA) is 88.8 Å². The first kappa shape index (κ1) is 21.2. The number of rotatable bonds is 6. The van der Waals surface area contributed by atoms with Gasteiger partial charge in [-0.25, -0.2) is 14.8 Å². The molecule has 0 unspecified atom stereocenters. The smallest absolute Gasteiger partial charge is 0.339 e. The third kappa shape index (κ3) is 5.16. The van der Waals surface area contributed by atoms with E-state index in [1.165, 1.54) is 18.0 Å². The lowest BCUT2D eigenvalue weighted by Crippen LogP contribution is -2.36. The number of ether oxygens (including phenoxy) is 1. The molecule has 31 heavy (non-hydrogen) atoms. The number of hydrogen-bond donors (Lipinski definition) is 0. The highest BCUT2D eigenvalue weighted by atomic mass is 32.2. The second kappa shape index (κ2) is 9.82. The number of para-hydroxylation sites is 2. The summed E-state index contributed by atoms with van der Waals surface area (Å²) in [6.07, 6.45) is 2.39. The summed E-state index contributed by atoms with van der Waals surface area (Å²) in [5, 5.41) is 0.511. The largest absolute Gasteiger partial charge is 0.462 e. The van der Waals surface area contributed by atoms with Gasteiger partial charge in [-0.15, -0.1) is 0 Å². The molecule has 1 aliphatic heterocycles. The molecule has 4 rings (SSSR count). The molecule has 1 amide bonds. The van der Waals surface area contributed by atoms with Crippen molar-refractivity contribution in [3.63, 3.8) is 0 Å². The molecule has 2 aromatic heterocycles. The third-order valence-electron chi connectivity index (χ3n) is 5.02. The SMILES string of the molecule is CCOC(=O)c1ccc(N2CCCN(C(=O)CSc3nc4ccccc4o3)CC2)nc1. The molecule has 0 saturated carbocycles. The van der Waals surface area contributed by atoms with E-state index in [9.17, 15) is 9.59 Å². The number of anilines is 1. The van der Waals surface area contributed by atoms with Gasteiger partial charge in [0.25, 0.3) is 5.22 Å². The Morgan fingerprint density at radius 1 is 1.13 bits per heavy atom. The maximum absolute atomic E-state index is 12.7. The Labute approximate surface area is 184 Å². The Balaban J connectivity index is 1.30. The van der Waals surface area contributed by atoms with Crippen LogP contribution in [0.2, 0.25) is 0 Å². The molecule has 3 heterocycles. The lowest BCUT2D eigenvalue weighted by atomic mass is 10.2. The number of hydrogen-bond acceptors (Lipinski definition) is 8. The minimum Gasteiger partial charge on any atom is -0.462 e. The molecule has 0 radical (unpaired) electrons. The molecule has 1 aromatic carbocycles. The summed E-state index contributed by atoms with van der Waals surface area (Å²) in [5.74, 6) is 0.785. The predicted octanol–water partition coefficient (Wildman–Crippen LogP) is 3.23. The van der Waals surface area contributed by atoms with Crippen LogP contribution >= 0.6 is 11.8 Å². The minimum absolute atomic E-state index is 0.0692.